The van der Waals surface area contributed by atoms with Crippen molar-refractivity contribution in [3.63, 3.8) is 0 Å². The van der Waals surface area contributed by atoms with Gasteiger partial charge in [-0.2, -0.15) is 0 Å². The van der Waals surface area contributed by atoms with E-state index in [1.165, 1.54) is 0 Å². The molecule has 98 valence electrons. The quantitative estimate of drug-likeness (QED) is 0.450. The molecule has 2 nitrogen and oxygen atoms in total. The molecule has 18 heavy (non-hydrogen) atoms. The lowest BCUT2D eigenvalue weighted by molar-refractivity contribution is 0.104. The van der Waals surface area contributed by atoms with Crippen LogP contribution in [0.3, 0.4) is 0 Å². The third-order valence-corrected chi connectivity index (χ3v) is 2.83. The number of benzene rings is 1. The topological polar surface area (TPSA) is 29.1 Å². The molecule has 0 aliphatic carbocycles. The van der Waals surface area contributed by atoms with Crippen LogP contribution >= 0.6 is 0 Å². The van der Waals surface area contributed by atoms with Crippen LogP contribution in [0.5, 0.6) is 0 Å². The van der Waals surface area contributed by atoms with Crippen LogP contribution in [0, 0.1) is 5.92 Å². The number of allylic oxidation sites excluding steroid dienone is 2. The second-order valence-corrected chi connectivity index (χ2v) is 4.76. The van der Waals surface area contributed by atoms with Gasteiger partial charge in [-0.05, 0) is 12.3 Å². The van der Waals surface area contributed by atoms with E-state index in [2.05, 4.69) is 26.1 Å². The standard InChI is InChI=1S/C16H23NO/c1-4-5-11-17-15(13(2)3)12-16(18)14-9-7-6-8-10-14/h6-10,12-13,17H,4-5,11H2,1-3H3. The van der Waals surface area contributed by atoms with Gasteiger partial charge in [-0.1, -0.05) is 57.5 Å². The van der Waals surface area contributed by atoms with Crippen molar-refractivity contribution in [1.82, 2.24) is 5.32 Å². The average Bonchev–Trinajstić information content (AvgIpc) is 2.38. The molecule has 0 saturated heterocycles. The van der Waals surface area contributed by atoms with Gasteiger partial charge >= 0.3 is 0 Å². The summed E-state index contributed by atoms with van der Waals surface area (Å²) in [6.07, 6.45) is 4.02. The first-order valence-electron chi connectivity index (χ1n) is 6.70. The molecule has 1 N–H and O–H groups in total. The van der Waals surface area contributed by atoms with Gasteiger partial charge in [-0.15, -0.1) is 0 Å². The summed E-state index contributed by atoms with van der Waals surface area (Å²) in [5.74, 6) is 0.415. The molecule has 0 spiro atoms. The van der Waals surface area contributed by atoms with Crippen molar-refractivity contribution in [3.8, 4) is 0 Å². The van der Waals surface area contributed by atoms with Crippen molar-refractivity contribution in [2.24, 2.45) is 5.92 Å². The van der Waals surface area contributed by atoms with Crippen LogP contribution in [-0.4, -0.2) is 12.3 Å². The van der Waals surface area contributed by atoms with Gasteiger partial charge in [0.05, 0.1) is 0 Å². The summed E-state index contributed by atoms with van der Waals surface area (Å²) in [5.41, 5.74) is 1.77. The lowest BCUT2D eigenvalue weighted by Gasteiger charge is -2.14. The molecule has 0 fully saturated rings. The predicted octanol–water partition coefficient (Wildman–Crippen LogP) is 3.80. The van der Waals surface area contributed by atoms with E-state index in [1.807, 2.05) is 30.3 Å². The van der Waals surface area contributed by atoms with Crippen LogP contribution < -0.4 is 5.32 Å². The molecule has 2 heteroatoms. The molecule has 0 radical (unpaired) electrons. The van der Waals surface area contributed by atoms with E-state index in [0.29, 0.717) is 5.92 Å². The van der Waals surface area contributed by atoms with Crippen molar-refractivity contribution >= 4 is 5.78 Å². The Morgan fingerprint density at radius 1 is 1.28 bits per heavy atom. The smallest absolute Gasteiger partial charge is 0.187 e. The second kappa shape index (κ2) is 7.70. The first-order chi connectivity index (χ1) is 8.65. The molecule has 0 heterocycles. The minimum Gasteiger partial charge on any atom is -0.388 e. The number of ketones is 1. The number of carbonyl (C=O) groups is 1. The number of hydrogen-bond acceptors (Lipinski definition) is 2. The number of carbonyl (C=O) groups excluding carboxylic acids is 1. The van der Waals surface area contributed by atoms with E-state index in [4.69, 9.17) is 0 Å². The van der Waals surface area contributed by atoms with Gasteiger partial charge in [-0.25, -0.2) is 0 Å². The van der Waals surface area contributed by atoms with E-state index in [-0.39, 0.29) is 5.78 Å². The molecule has 1 aromatic carbocycles. The molecule has 0 aromatic heterocycles. The Hall–Kier alpha value is -1.57. The number of unbranched alkanes of at least 4 members (excludes halogenated alkanes) is 1. The summed E-state index contributed by atoms with van der Waals surface area (Å²) in [5, 5.41) is 3.36. The molecule has 0 bridgehead atoms. The first kappa shape index (κ1) is 14.5. The lowest BCUT2D eigenvalue weighted by atomic mass is 10.1. The van der Waals surface area contributed by atoms with Crippen molar-refractivity contribution in [2.75, 3.05) is 6.54 Å². The Morgan fingerprint density at radius 3 is 2.50 bits per heavy atom. The summed E-state index contributed by atoms with van der Waals surface area (Å²) in [6.45, 7) is 7.30. The van der Waals surface area contributed by atoms with Crippen LogP contribution in [0.1, 0.15) is 44.0 Å². The average molecular weight is 245 g/mol. The molecule has 0 aliphatic rings. The molecule has 0 aliphatic heterocycles. The fourth-order valence-electron chi connectivity index (χ4n) is 1.66. The summed E-state index contributed by atoms with van der Waals surface area (Å²) >= 11 is 0. The molecule has 0 amide bonds. The van der Waals surface area contributed by atoms with E-state index in [1.54, 1.807) is 6.08 Å². The Bertz CT molecular complexity index is 393. The van der Waals surface area contributed by atoms with E-state index in [9.17, 15) is 4.79 Å². The van der Waals surface area contributed by atoms with Gasteiger partial charge in [0.15, 0.2) is 5.78 Å². The van der Waals surface area contributed by atoms with E-state index < -0.39 is 0 Å². The van der Waals surface area contributed by atoms with Crippen LogP contribution in [0.15, 0.2) is 42.1 Å². The van der Waals surface area contributed by atoms with Crippen molar-refractivity contribution in [2.45, 2.75) is 33.6 Å². The zero-order valence-electron chi connectivity index (χ0n) is 11.6. The highest BCUT2D eigenvalue weighted by atomic mass is 16.1. The first-order valence-corrected chi connectivity index (χ1v) is 6.70. The summed E-state index contributed by atoms with van der Waals surface area (Å²) in [7, 11) is 0. The summed E-state index contributed by atoms with van der Waals surface area (Å²) < 4.78 is 0. The van der Waals surface area contributed by atoms with Crippen LogP contribution in [0.25, 0.3) is 0 Å². The predicted molar refractivity (Wildman–Crippen MR) is 76.6 cm³/mol. The monoisotopic (exact) mass is 245 g/mol. The minimum atomic E-state index is 0.0725. The minimum absolute atomic E-state index is 0.0725. The second-order valence-electron chi connectivity index (χ2n) is 4.76. The molecular formula is C16H23NO. The zero-order chi connectivity index (χ0) is 13.4. The highest BCUT2D eigenvalue weighted by Gasteiger charge is 2.07. The van der Waals surface area contributed by atoms with E-state index >= 15 is 0 Å². The Kier molecular flexibility index (Phi) is 6.20. The maximum absolute atomic E-state index is 12.1. The van der Waals surface area contributed by atoms with Gasteiger partial charge < -0.3 is 5.32 Å². The third-order valence-electron chi connectivity index (χ3n) is 2.83. The zero-order valence-corrected chi connectivity index (χ0v) is 11.6. The van der Waals surface area contributed by atoms with E-state index in [0.717, 1.165) is 30.6 Å². The summed E-state index contributed by atoms with van der Waals surface area (Å²) in [6, 6.07) is 9.40. The highest BCUT2D eigenvalue weighted by Crippen LogP contribution is 2.09. The Balaban J connectivity index is 2.72. The molecule has 0 unspecified atom stereocenters. The van der Waals surface area contributed by atoms with Gasteiger partial charge in [0.2, 0.25) is 0 Å². The van der Waals surface area contributed by atoms with Gasteiger partial charge in [0, 0.05) is 23.9 Å². The van der Waals surface area contributed by atoms with Crippen LogP contribution in [-0.2, 0) is 0 Å². The van der Waals surface area contributed by atoms with Gasteiger partial charge in [0.1, 0.15) is 0 Å². The summed E-state index contributed by atoms with van der Waals surface area (Å²) in [4.78, 5) is 12.1. The third kappa shape index (κ3) is 4.74. The lowest BCUT2D eigenvalue weighted by Crippen LogP contribution is -2.20. The van der Waals surface area contributed by atoms with Crippen molar-refractivity contribution < 1.29 is 4.79 Å². The number of rotatable bonds is 7. The Labute approximate surface area is 110 Å². The van der Waals surface area contributed by atoms with Crippen molar-refractivity contribution in [3.05, 3.63) is 47.7 Å². The van der Waals surface area contributed by atoms with Crippen molar-refractivity contribution in [1.29, 1.82) is 0 Å². The molecule has 1 aromatic rings. The van der Waals surface area contributed by atoms with Crippen LogP contribution in [0.4, 0.5) is 0 Å². The Morgan fingerprint density at radius 2 is 1.94 bits per heavy atom. The highest BCUT2D eigenvalue weighted by molar-refractivity contribution is 6.04. The largest absolute Gasteiger partial charge is 0.388 e. The maximum Gasteiger partial charge on any atom is 0.187 e. The number of nitrogens with one attached hydrogen (secondary N) is 1. The fourth-order valence-corrected chi connectivity index (χ4v) is 1.66. The maximum atomic E-state index is 12.1. The molecule has 0 atom stereocenters. The molecule has 0 saturated carbocycles. The molecule has 1 rings (SSSR count). The fraction of sp³-hybridized carbons (Fsp3) is 0.438. The SMILES string of the molecule is CCCCNC(=CC(=O)c1ccccc1)C(C)C. The van der Waals surface area contributed by atoms with Gasteiger partial charge in [0.25, 0.3) is 0 Å². The van der Waals surface area contributed by atoms with Crippen LogP contribution in [0.2, 0.25) is 0 Å². The normalized spacial score (nSPS) is 11.7. The number of hydrogen-bond donors (Lipinski definition) is 1. The molecular weight excluding hydrogens is 222 g/mol. The van der Waals surface area contributed by atoms with Gasteiger partial charge in [-0.3, -0.25) is 4.79 Å².